The highest BCUT2D eigenvalue weighted by molar-refractivity contribution is 6.27. The average Bonchev–Trinajstić information content (AvgIpc) is 2.57. The molecule has 0 aliphatic heterocycles. The number of carbonyl (C=O) groups is 3. The monoisotopic (exact) mass is 344 g/mol. The van der Waals surface area contributed by atoms with Crippen molar-refractivity contribution in [2.45, 2.75) is 39.7 Å². The number of hydrogen-bond donors (Lipinski definition) is 2. The van der Waals surface area contributed by atoms with E-state index in [0.717, 1.165) is 11.6 Å². The van der Waals surface area contributed by atoms with Gasteiger partial charge in [-0.2, -0.15) is 0 Å². The summed E-state index contributed by atoms with van der Waals surface area (Å²) in [5.74, 6) is -2.31. The summed E-state index contributed by atoms with van der Waals surface area (Å²) >= 11 is 0. The van der Waals surface area contributed by atoms with Crippen molar-refractivity contribution in [1.29, 1.82) is 0 Å². The van der Waals surface area contributed by atoms with Crippen molar-refractivity contribution in [2.75, 3.05) is 0 Å². The van der Waals surface area contributed by atoms with Crippen LogP contribution in [0.3, 0.4) is 0 Å². The molecule has 0 heterocycles. The zero-order valence-electron chi connectivity index (χ0n) is 14.3. The SMILES string of the molecule is CCC(=O)Oc1ccc(O)c2c1C(=O)C([C@@H](O)CC=C(C)C)=CC2=O. The standard InChI is InChI=1S/C19H20O6/c1-4-16(23)25-15-8-7-13(21)17-14(22)9-11(19(24)18(15)17)12(20)6-5-10(2)3/h5,7-9,12,20-21H,4,6H2,1-3H3/t12-/m0/s1. The molecule has 0 saturated heterocycles. The Kier molecular flexibility index (Phi) is 5.54. The molecule has 6 nitrogen and oxygen atoms in total. The minimum Gasteiger partial charge on any atom is -0.507 e. The molecule has 0 saturated carbocycles. The molecule has 2 rings (SSSR count). The summed E-state index contributed by atoms with van der Waals surface area (Å²) in [5.41, 5.74) is 0.462. The Bertz CT molecular complexity index is 796. The first-order valence-corrected chi connectivity index (χ1v) is 7.94. The highest BCUT2D eigenvalue weighted by atomic mass is 16.5. The van der Waals surface area contributed by atoms with E-state index in [1.807, 2.05) is 13.8 Å². The highest BCUT2D eigenvalue weighted by Gasteiger charge is 2.34. The van der Waals surface area contributed by atoms with E-state index in [-0.39, 0.29) is 41.0 Å². The lowest BCUT2D eigenvalue weighted by molar-refractivity contribution is -0.134. The second-order valence-electron chi connectivity index (χ2n) is 5.99. The molecule has 6 heteroatoms. The van der Waals surface area contributed by atoms with E-state index in [1.54, 1.807) is 13.0 Å². The lowest BCUT2D eigenvalue weighted by Crippen LogP contribution is -2.26. The van der Waals surface area contributed by atoms with Crippen molar-refractivity contribution in [3.63, 3.8) is 0 Å². The van der Waals surface area contributed by atoms with Gasteiger partial charge in [0.2, 0.25) is 0 Å². The molecule has 1 aliphatic carbocycles. The molecule has 1 aromatic rings. The smallest absolute Gasteiger partial charge is 0.310 e. The zero-order valence-corrected chi connectivity index (χ0v) is 14.3. The van der Waals surface area contributed by atoms with Crippen LogP contribution in [0.2, 0.25) is 0 Å². The minimum absolute atomic E-state index is 0.0870. The van der Waals surface area contributed by atoms with Gasteiger partial charge >= 0.3 is 5.97 Å². The number of fused-ring (bicyclic) bond motifs is 1. The maximum atomic E-state index is 12.8. The van der Waals surface area contributed by atoms with Crippen molar-refractivity contribution in [3.05, 3.63) is 46.6 Å². The molecule has 1 aliphatic rings. The number of allylic oxidation sites excluding steroid dienone is 2. The van der Waals surface area contributed by atoms with Crippen molar-refractivity contribution in [3.8, 4) is 11.5 Å². The first-order valence-electron chi connectivity index (χ1n) is 7.94. The topological polar surface area (TPSA) is 101 Å². The third kappa shape index (κ3) is 3.85. The molecular formula is C19H20O6. The maximum Gasteiger partial charge on any atom is 0.310 e. The van der Waals surface area contributed by atoms with Crippen LogP contribution in [0.1, 0.15) is 54.3 Å². The van der Waals surface area contributed by atoms with Crippen LogP contribution in [-0.4, -0.2) is 33.9 Å². The first-order chi connectivity index (χ1) is 11.8. The highest BCUT2D eigenvalue weighted by Crippen LogP contribution is 2.36. The summed E-state index contributed by atoms with van der Waals surface area (Å²) in [4.78, 5) is 36.7. The largest absolute Gasteiger partial charge is 0.507 e. The van der Waals surface area contributed by atoms with Crippen LogP contribution < -0.4 is 4.74 Å². The Labute approximate surface area is 145 Å². The molecule has 132 valence electrons. The van der Waals surface area contributed by atoms with Crippen molar-refractivity contribution in [1.82, 2.24) is 0 Å². The summed E-state index contributed by atoms with van der Waals surface area (Å²) in [6.07, 6.45) is 1.87. The number of phenolic OH excluding ortho intramolecular Hbond substituents is 1. The van der Waals surface area contributed by atoms with Crippen LogP contribution in [0, 0.1) is 0 Å². The van der Waals surface area contributed by atoms with E-state index in [2.05, 4.69) is 0 Å². The Morgan fingerprint density at radius 3 is 2.52 bits per heavy atom. The Balaban J connectivity index is 2.50. The molecule has 2 N–H and O–H groups in total. The number of hydrogen-bond acceptors (Lipinski definition) is 6. The second kappa shape index (κ2) is 7.44. The van der Waals surface area contributed by atoms with E-state index < -0.39 is 23.6 Å². The molecule has 0 amide bonds. The van der Waals surface area contributed by atoms with Gasteiger partial charge < -0.3 is 14.9 Å². The third-order valence-electron chi connectivity index (χ3n) is 3.79. The number of Topliss-reactive ketones (excluding diaryl/α,β-unsaturated/α-hetero) is 1. The van der Waals surface area contributed by atoms with Crippen LogP contribution in [0.25, 0.3) is 0 Å². The Morgan fingerprint density at radius 2 is 1.92 bits per heavy atom. The van der Waals surface area contributed by atoms with Gasteiger partial charge in [0.05, 0.1) is 17.2 Å². The quantitative estimate of drug-likeness (QED) is 0.484. The van der Waals surface area contributed by atoms with Gasteiger partial charge in [0.1, 0.15) is 11.5 Å². The summed E-state index contributed by atoms with van der Waals surface area (Å²) in [7, 11) is 0. The van der Waals surface area contributed by atoms with E-state index in [4.69, 9.17) is 4.74 Å². The number of phenols is 1. The molecule has 1 atom stereocenters. The number of esters is 1. The summed E-state index contributed by atoms with van der Waals surface area (Å²) < 4.78 is 5.12. The van der Waals surface area contributed by atoms with Gasteiger partial charge in [0.15, 0.2) is 11.6 Å². The van der Waals surface area contributed by atoms with Gasteiger partial charge in [-0.1, -0.05) is 18.6 Å². The Morgan fingerprint density at radius 1 is 1.24 bits per heavy atom. The number of aromatic hydroxyl groups is 1. The van der Waals surface area contributed by atoms with Gasteiger partial charge in [-0.3, -0.25) is 14.4 Å². The van der Waals surface area contributed by atoms with Crippen molar-refractivity contribution < 1.29 is 29.3 Å². The number of rotatable bonds is 5. The summed E-state index contributed by atoms with van der Waals surface area (Å²) in [5, 5.41) is 20.2. The van der Waals surface area contributed by atoms with E-state index in [0.29, 0.717) is 0 Å². The molecule has 0 fully saturated rings. The van der Waals surface area contributed by atoms with E-state index in [1.165, 1.54) is 12.1 Å². The second-order valence-corrected chi connectivity index (χ2v) is 5.99. The number of ketones is 2. The van der Waals surface area contributed by atoms with Crippen LogP contribution in [0.15, 0.2) is 35.4 Å². The summed E-state index contributed by atoms with van der Waals surface area (Å²) in [6.45, 7) is 5.30. The number of aliphatic hydroxyl groups is 1. The van der Waals surface area contributed by atoms with Gasteiger partial charge in [-0.15, -0.1) is 0 Å². The summed E-state index contributed by atoms with van der Waals surface area (Å²) in [6, 6.07) is 2.46. The number of benzene rings is 1. The first kappa shape index (κ1) is 18.6. The minimum atomic E-state index is -1.17. The van der Waals surface area contributed by atoms with Crippen LogP contribution >= 0.6 is 0 Å². The van der Waals surface area contributed by atoms with Crippen LogP contribution in [0.5, 0.6) is 11.5 Å². The van der Waals surface area contributed by atoms with Gasteiger partial charge in [0.25, 0.3) is 0 Å². The lowest BCUT2D eigenvalue weighted by Gasteiger charge is -2.21. The number of ether oxygens (including phenoxy) is 1. The van der Waals surface area contributed by atoms with Crippen molar-refractivity contribution >= 4 is 17.5 Å². The molecule has 0 aromatic heterocycles. The van der Waals surface area contributed by atoms with E-state index in [9.17, 15) is 24.6 Å². The lowest BCUT2D eigenvalue weighted by atomic mass is 9.85. The number of aliphatic hydroxyl groups excluding tert-OH is 1. The molecule has 0 bridgehead atoms. The maximum absolute atomic E-state index is 12.8. The molecule has 0 spiro atoms. The normalized spacial score (nSPS) is 14.5. The predicted molar refractivity (Wildman–Crippen MR) is 90.8 cm³/mol. The predicted octanol–water partition coefficient (Wildman–Crippen LogP) is 2.73. The fourth-order valence-electron chi connectivity index (χ4n) is 2.47. The van der Waals surface area contributed by atoms with Gasteiger partial charge in [-0.25, -0.2) is 0 Å². The van der Waals surface area contributed by atoms with Gasteiger partial charge in [0, 0.05) is 12.0 Å². The van der Waals surface area contributed by atoms with Crippen LogP contribution in [-0.2, 0) is 4.79 Å². The number of carbonyl (C=O) groups excluding carboxylic acids is 3. The van der Waals surface area contributed by atoms with Crippen molar-refractivity contribution in [2.24, 2.45) is 0 Å². The molecule has 0 radical (unpaired) electrons. The Hall–Kier alpha value is -2.73. The fourth-order valence-corrected chi connectivity index (χ4v) is 2.47. The fraction of sp³-hybridized carbons (Fsp3) is 0.316. The average molecular weight is 344 g/mol. The van der Waals surface area contributed by atoms with E-state index >= 15 is 0 Å². The molecule has 1 aromatic carbocycles. The third-order valence-corrected chi connectivity index (χ3v) is 3.79. The molecule has 0 unspecified atom stereocenters. The molecule has 25 heavy (non-hydrogen) atoms. The van der Waals surface area contributed by atoms with Crippen LogP contribution in [0.4, 0.5) is 0 Å². The van der Waals surface area contributed by atoms with Gasteiger partial charge in [-0.05, 0) is 38.5 Å². The molecular weight excluding hydrogens is 324 g/mol. The zero-order chi connectivity index (χ0) is 18.7.